The highest BCUT2D eigenvalue weighted by Crippen LogP contribution is 2.21. The van der Waals surface area contributed by atoms with Crippen molar-refractivity contribution in [3.63, 3.8) is 0 Å². The van der Waals surface area contributed by atoms with Gasteiger partial charge in [0.2, 0.25) is 0 Å². The number of fused-ring (bicyclic) bond motifs is 1. The van der Waals surface area contributed by atoms with Crippen LogP contribution in [0.4, 0.5) is 8.78 Å². The molecule has 0 bridgehead atoms. The number of hydrogen-bond donors (Lipinski definition) is 0. The van der Waals surface area contributed by atoms with Crippen LogP contribution in [-0.4, -0.2) is 22.1 Å². The van der Waals surface area contributed by atoms with Crippen LogP contribution < -0.4 is 10.3 Å². The van der Waals surface area contributed by atoms with Gasteiger partial charge in [-0.1, -0.05) is 24.3 Å². The Morgan fingerprint density at radius 1 is 1.18 bits per heavy atom. The number of halogens is 2. The van der Waals surface area contributed by atoms with Gasteiger partial charge in [0.15, 0.2) is 5.82 Å². The third-order valence-electron chi connectivity index (χ3n) is 3.82. The van der Waals surface area contributed by atoms with Gasteiger partial charge in [0, 0.05) is 0 Å². The Bertz CT molecular complexity index is 1120. The summed E-state index contributed by atoms with van der Waals surface area (Å²) in [6.07, 6.45) is 0. The molecule has 28 heavy (non-hydrogen) atoms. The molecule has 3 rings (SSSR count). The van der Waals surface area contributed by atoms with Gasteiger partial charge in [-0.3, -0.25) is 9.36 Å². The Kier molecular flexibility index (Phi) is 5.60. The van der Waals surface area contributed by atoms with E-state index in [1.165, 1.54) is 24.3 Å². The Hall–Kier alpha value is -3.80. The number of benzene rings is 2. The number of ether oxygens (including phenoxy) is 2. The summed E-state index contributed by atoms with van der Waals surface area (Å²) < 4.78 is 35.5. The molecule has 0 aliphatic heterocycles. The zero-order chi connectivity index (χ0) is 20.1. The van der Waals surface area contributed by atoms with Crippen molar-refractivity contribution in [1.29, 1.82) is 5.26 Å². The fourth-order valence-corrected chi connectivity index (χ4v) is 2.60. The lowest BCUT2D eigenvalue weighted by Crippen LogP contribution is -2.26. The third kappa shape index (κ3) is 3.96. The lowest BCUT2D eigenvalue weighted by molar-refractivity contribution is -0.0505. The van der Waals surface area contributed by atoms with Crippen molar-refractivity contribution in [3.05, 3.63) is 70.3 Å². The molecule has 0 saturated heterocycles. The Labute approximate surface area is 157 Å². The molecule has 0 amide bonds. The summed E-state index contributed by atoms with van der Waals surface area (Å²) in [5, 5.41) is 9.31. The fourth-order valence-electron chi connectivity index (χ4n) is 2.60. The standard InChI is InChI=1S/C19H13F2N3O4/c20-19(21)28-15-8-4-2-6-13(15)18(26)27-11-16-23-14-7-3-1-5-12(14)17(25)24(16)10-9-22/h1-8,19H,10-11H2. The van der Waals surface area contributed by atoms with E-state index >= 15 is 0 Å². The zero-order valence-electron chi connectivity index (χ0n) is 14.3. The number of alkyl halides is 2. The first kappa shape index (κ1) is 19.0. The Balaban J connectivity index is 1.90. The molecule has 0 spiro atoms. The van der Waals surface area contributed by atoms with Crippen molar-refractivity contribution < 1.29 is 23.0 Å². The molecule has 0 atom stereocenters. The Morgan fingerprint density at radius 2 is 1.89 bits per heavy atom. The second-order valence-electron chi connectivity index (χ2n) is 5.55. The molecule has 0 aliphatic carbocycles. The first-order valence-electron chi connectivity index (χ1n) is 8.07. The van der Waals surface area contributed by atoms with Crippen LogP contribution in [0.2, 0.25) is 0 Å². The van der Waals surface area contributed by atoms with E-state index < -0.39 is 24.7 Å². The molecule has 7 nitrogen and oxygen atoms in total. The smallest absolute Gasteiger partial charge is 0.387 e. The topological polar surface area (TPSA) is 94.2 Å². The largest absolute Gasteiger partial charge is 0.454 e. The highest BCUT2D eigenvalue weighted by atomic mass is 19.3. The van der Waals surface area contributed by atoms with E-state index in [1.807, 2.05) is 6.07 Å². The van der Waals surface area contributed by atoms with Gasteiger partial charge in [0.25, 0.3) is 5.56 Å². The predicted octanol–water partition coefficient (Wildman–Crippen LogP) is 2.88. The van der Waals surface area contributed by atoms with Crippen molar-refractivity contribution >= 4 is 16.9 Å². The monoisotopic (exact) mass is 385 g/mol. The van der Waals surface area contributed by atoms with Gasteiger partial charge in [-0.2, -0.15) is 14.0 Å². The van der Waals surface area contributed by atoms with Crippen LogP contribution in [0.1, 0.15) is 16.2 Å². The summed E-state index contributed by atoms with van der Waals surface area (Å²) >= 11 is 0. The lowest BCUT2D eigenvalue weighted by Gasteiger charge is -2.13. The maximum Gasteiger partial charge on any atom is 0.387 e. The minimum Gasteiger partial charge on any atom is -0.454 e. The van der Waals surface area contributed by atoms with Crippen LogP contribution in [-0.2, 0) is 17.9 Å². The van der Waals surface area contributed by atoms with Gasteiger partial charge in [-0.25, -0.2) is 9.78 Å². The van der Waals surface area contributed by atoms with Crippen molar-refractivity contribution in [2.75, 3.05) is 0 Å². The number of carbonyl (C=O) groups excluding carboxylic acids is 1. The van der Waals surface area contributed by atoms with E-state index in [9.17, 15) is 18.4 Å². The number of esters is 1. The molecule has 0 N–H and O–H groups in total. The van der Waals surface area contributed by atoms with Crippen molar-refractivity contribution in [3.8, 4) is 11.8 Å². The molecule has 0 fully saturated rings. The molecular weight excluding hydrogens is 372 g/mol. The number of rotatable bonds is 6. The first-order chi connectivity index (χ1) is 13.5. The van der Waals surface area contributed by atoms with E-state index in [0.29, 0.717) is 10.9 Å². The molecule has 1 aromatic heterocycles. The quantitative estimate of drug-likeness (QED) is 0.606. The molecule has 0 unspecified atom stereocenters. The maximum absolute atomic E-state index is 12.6. The van der Waals surface area contributed by atoms with Gasteiger partial charge in [-0.15, -0.1) is 0 Å². The summed E-state index contributed by atoms with van der Waals surface area (Å²) in [5.41, 5.74) is -0.258. The SMILES string of the molecule is N#CCn1c(COC(=O)c2ccccc2OC(F)F)nc2ccccc2c1=O. The summed E-state index contributed by atoms with van der Waals surface area (Å²) in [5.74, 6) is -1.20. The van der Waals surface area contributed by atoms with E-state index in [2.05, 4.69) is 9.72 Å². The highest BCUT2D eigenvalue weighted by Gasteiger charge is 2.18. The molecular formula is C19H13F2N3O4. The van der Waals surface area contributed by atoms with E-state index in [-0.39, 0.29) is 23.7 Å². The minimum absolute atomic E-state index is 0.0610. The highest BCUT2D eigenvalue weighted by molar-refractivity contribution is 5.92. The van der Waals surface area contributed by atoms with Crippen molar-refractivity contribution in [2.45, 2.75) is 19.8 Å². The van der Waals surface area contributed by atoms with Crippen molar-refractivity contribution in [2.24, 2.45) is 0 Å². The third-order valence-corrected chi connectivity index (χ3v) is 3.82. The second-order valence-corrected chi connectivity index (χ2v) is 5.55. The molecule has 9 heteroatoms. The number of para-hydroxylation sites is 2. The van der Waals surface area contributed by atoms with Crippen molar-refractivity contribution in [1.82, 2.24) is 9.55 Å². The van der Waals surface area contributed by atoms with Crippen LogP contribution in [0.15, 0.2) is 53.3 Å². The normalized spacial score (nSPS) is 10.6. The molecule has 0 radical (unpaired) electrons. The van der Waals surface area contributed by atoms with E-state index in [0.717, 1.165) is 4.57 Å². The van der Waals surface area contributed by atoms with E-state index in [1.54, 1.807) is 24.3 Å². The number of hydrogen-bond acceptors (Lipinski definition) is 6. The zero-order valence-corrected chi connectivity index (χ0v) is 14.3. The van der Waals surface area contributed by atoms with Crippen LogP contribution in [0, 0.1) is 11.3 Å². The van der Waals surface area contributed by atoms with Gasteiger partial charge >= 0.3 is 12.6 Å². The average molecular weight is 385 g/mol. The number of nitriles is 1. The maximum atomic E-state index is 12.6. The molecule has 2 aromatic carbocycles. The minimum atomic E-state index is -3.10. The summed E-state index contributed by atoms with van der Waals surface area (Å²) in [4.78, 5) is 29.1. The van der Waals surface area contributed by atoms with Crippen LogP contribution in [0.5, 0.6) is 5.75 Å². The van der Waals surface area contributed by atoms with Gasteiger partial charge in [0.1, 0.15) is 24.5 Å². The molecule has 0 saturated carbocycles. The number of nitrogens with zero attached hydrogens (tertiary/aromatic N) is 3. The van der Waals surface area contributed by atoms with Crippen LogP contribution in [0.3, 0.4) is 0 Å². The number of aromatic nitrogens is 2. The Morgan fingerprint density at radius 3 is 2.64 bits per heavy atom. The number of carbonyl (C=O) groups is 1. The molecule has 142 valence electrons. The second kappa shape index (κ2) is 8.26. The lowest BCUT2D eigenvalue weighted by atomic mass is 10.2. The summed E-state index contributed by atoms with van der Waals surface area (Å²) in [7, 11) is 0. The van der Waals surface area contributed by atoms with Crippen LogP contribution >= 0.6 is 0 Å². The predicted molar refractivity (Wildman–Crippen MR) is 93.8 cm³/mol. The van der Waals surface area contributed by atoms with Crippen LogP contribution in [0.25, 0.3) is 10.9 Å². The van der Waals surface area contributed by atoms with Gasteiger partial charge in [0.05, 0.1) is 17.0 Å². The summed E-state index contributed by atoms with van der Waals surface area (Å²) in [6, 6.07) is 13.8. The van der Waals surface area contributed by atoms with Gasteiger partial charge < -0.3 is 9.47 Å². The molecule has 3 aromatic rings. The molecule has 1 heterocycles. The summed E-state index contributed by atoms with van der Waals surface area (Å²) in [6.45, 7) is -3.81. The first-order valence-corrected chi connectivity index (χ1v) is 8.07. The van der Waals surface area contributed by atoms with E-state index in [4.69, 9.17) is 10.00 Å². The molecule has 0 aliphatic rings. The fraction of sp³-hybridized carbons (Fsp3) is 0.158. The average Bonchev–Trinajstić information content (AvgIpc) is 2.68. The van der Waals surface area contributed by atoms with Gasteiger partial charge in [-0.05, 0) is 24.3 Å².